The number of aryl methyl sites for hydroxylation is 1. The Morgan fingerprint density at radius 1 is 1.39 bits per heavy atom. The van der Waals surface area contributed by atoms with E-state index in [1.165, 1.54) is 19.3 Å². The highest BCUT2D eigenvalue weighted by molar-refractivity contribution is 5.82. The molecule has 0 N–H and O–H groups in total. The van der Waals surface area contributed by atoms with E-state index in [1.54, 1.807) is 6.20 Å². The molecule has 0 radical (unpaired) electrons. The third-order valence-corrected chi connectivity index (χ3v) is 3.28. The number of hydrogen-bond donors (Lipinski definition) is 0. The van der Waals surface area contributed by atoms with Crippen LogP contribution in [0.3, 0.4) is 0 Å². The van der Waals surface area contributed by atoms with Gasteiger partial charge in [0.1, 0.15) is 17.5 Å². The maximum Gasteiger partial charge on any atom is 0.145 e. The van der Waals surface area contributed by atoms with Crippen molar-refractivity contribution in [3.63, 3.8) is 0 Å². The Bertz CT molecular complexity index is 588. The minimum Gasteiger partial charge on any atom is -0.328 e. The average Bonchev–Trinajstić information content (AvgIpc) is 2.68. The summed E-state index contributed by atoms with van der Waals surface area (Å²) >= 11 is 0. The Kier molecular flexibility index (Phi) is 3.61. The van der Waals surface area contributed by atoms with Crippen molar-refractivity contribution in [3.05, 3.63) is 23.8 Å². The van der Waals surface area contributed by atoms with E-state index in [4.69, 9.17) is 5.26 Å². The molecule has 3 rings (SSSR count). The van der Waals surface area contributed by atoms with Gasteiger partial charge in [-0.25, -0.2) is 9.97 Å². The quantitative estimate of drug-likeness (QED) is 0.770. The van der Waals surface area contributed by atoms with E-state index < -0.39 is 0 Å². The summed E-state index contributed by atoms with van der Waals surface area (Å²) in [5, 5.41) is 9.95. The summed E-state index contributed by atoms with van der Waals surface area (Å²) < 4.78 is 2.14. The maximum atomic E-state index is 9.07. The molecule has 0 aromatic carbocycles. The molecule has 1 aliphatic rings. The van der Waals surface area contributed by atoms with Gasteiger partial charge in [0.15, 0.2) is 0 Å². The van der Waals surface area contributed by atoms with Crippen molar-refractivity contribution >= 4 is 11.0 Å². The summed E-state index contributed by atoms with van der Waals surface area (Å²) in [6.45, 7) is 5.88. The summed E-state index contributed by atoms with van der Waals surface area (Å²) in [7, 11) is 0. The lowest BCUT2D eigenvalue weighted by atomic mass is 9.93. The van der Waals surface area contributed by atoms with Crippen LogP contribution >= 0.6 is 0 Å². The fourth-order valence-electron chi connectivity index (χ4n) is 2.15. The molecule has 0 spiro atoms. The van der Waals surface area contributed by atoms with Crippen LogP contribution < -0.4 is 0 Å². The normalized spacial score (nSPS) is 14.6. The molecule has 94 valence electrons. The highest BCUT2D eigenvalue weighted by Gasteiger charge is 2.23. The highest BCUT2D eigenvalue weighted by atomic mass is 15.1. The molecule has 4 heteroatoms. The van der Waals surface area contributed by atoms with Crippen molar-refractivity contribution < 1.29 is 0 Å². The smallest absolute Gasteiger partial charge is 0.145 e. The van der Waals surface area contributed by atoms with Crippen LogP contribution in [0.2, 0.25) is 0 Å². The number of fused-ring (bicyclic) bond motifs is 1. The molecule has 0 atom stereocenters. The van der Waals surface area contributed by atoms with Crippen LogP contribution in [0.25, 0.3) is 11.0 Å². The molecule has 0 aliphatic heterocycles. The van der Waals surface area contributed by atoms with Gasteiger partial charge in [-0.3, -0.25) is 0 Å². The molecule has 1 fully saturated rings. The number of nitrogens with zero attached hydrogens (tertiary/aromatic N) is 4. The first-order valence-corrected chi connectivity index (χ1v) is 6.54. The van der Waals surface area contributed by atoms with Crippen molar-refractivity contribution in [1.82, 2.24) is 14.5 Å². The highest BCUT2D eigenvalue weighted by Crippen LogP contribution is 2.35. The first kappa shape index (κ1) is 12.6. The predicted octanol–water partition coefficient (Wildman–Crippen LogP) is 3.36. The number of rotatable bonds is 1. The zero-order valence-corrected chi connectivity index (χ0v) is 11.1. The van der Waals surface area contributed by atoms with Gasteiger partial charge in [0, 0.05) is 18.4 Å². The summed E-state index contributed by atoms with van der Waals surface area (Å²) in [6.07, 6.45) is 7.33. The summed E-state index contributed by atoms with van der Waals surface area (Å²) in [5.74, 6) is 0.760. The van der Waals surface area contributed by atoms with E-state index in [0.29, 0.717) is 11.6 Å². The molecule has 0 bridgehead atoms. The van der Waals surface area contributed by atoms with Crippen molar-refractivity contribution in [2.45, 2.75) is 46.1 Å². The molecule has 2 aromatic heterocycles. The van der Waals surface area contributed by atoms with Gasteiger partial charge in [-0.2, -0.15) is 5.26 Å². The van der Waals surface area contributed by atoms with Crippen LogP contribution in [0.15, 0.2) is 12.4 Å². The Balaban J connectivity index is 0.000000574. The number of aromatic nitrogens is 3. The fourth-order valence-corrected chi connectivity index (χ4v) is 2.15. The summed E-state index contributed by atoms with van der Waals surface area (Å²) in [5.41, 5.74) is 1.59. The first-order chi connectivity index (χ1) is 8.79. The molecule has 2 aromatic rings. The lowest BCUT2D eigenvalue weighted by molar-refractivity contribution is 0.320. The van der Waals surface area contributed by atoms with E-state index >= 15 is 0 Å². The Hall–Kier alpha value is -1.89. The van der Waals surface area contributed by atoms with Crippen LogP contribution in [0.5, 0.6) is 0 Å². The second-order valence-corrected chi connectivity index (χ2v) is 4.30. The average molecular weight is 242 g/mol. The van der Waals surface area contributed by atoms with E-state index in [9.17, 15) is 0 Å². The van der Waals surface area contributed by atoms with E-state index in [-0.39, 0.29) is 0 Å². The van der Waals surface area contributed by atoms with Crippen LogP contribution in [0.4, 0.5) is 0 Å². The second-order valence-electron chi connectivity index (χ2n) is 4.30. The van der Waals surface area contributed by atoms with Crippen LogP contribution in [0, 0.1) is 18.3 Å². The minimum atomic E-state index is 0.527. The monoisotopic (exact) mass is 242 g/mol. The van der Waals surface area contributed by atoms with Crippen molar-refractivity contribution in [2.75, 3.05) is 0 Å². The third-order valence-electron chi connectivity index (χ3n) is 3.28. The van der Waals surface area contributed by atoms with Gasteiger partial charge in [0.2, 0.25) is 0 Å². The number of nitriles is 1. The minimum absolute atomic E-state index is 0.527. The largest absolute Gasteiger partial charge is 0.328 e. The molecule has 4 nitrogen and oxygen atoms in total. The van der Waals surface area contributed by atoms with Crippen LogP contribution in [-0.4, -0.2) is 14.5 Å². The lowest BCUT2D eigenvalue weighted by Gasteiger charge is -2.27. The third kappa shape index (κ3) is 1.97. The Morgan fingerprint density at radius 3 is 2.67 bits per heavy atom. The van der Waals surface area contributed by atoms with Gasteiger partial charge in [0.05, 0.1) is 10.9 Å². The summed E-state index contributed by atoms with van der Waals surface area (Å²) in [4.78, 5) is 8.60. The Morgan fingerprint density at radius 2 is 2.11 bits per heavy atom. The van der Waals surface area contributed by atoms with Gasteiger partial charge >= 0.3 is 0 Å². The summed E-state index contributed by atoms with van der Waals surface area (Å²) in [6, 6.07) is 2.74. The van der Waals surface area contributed by atoms with Gasteiger partial charge < -0.3 is 4.57 Å². The van der Waals surface area contributed by atoms with Crippen molar-refractivity contribution in [2.24, 2.45) is 0 Å². The lowest BCUT2D eigenvalue weighted by Crippen LogP contribution is -2.16. The second kappa shape index (κ2) is 5.18. The molecule has 0 saturated heterocycles. The first-order valence-electron chi connectivity index (χ1n) is 6.54. The van der Waals surface area contributed by atoms with Gasteiger partial charge in [-0.05, 0) is 26.2 Å². The van der Waals surface area contributed by atoms with Crippen molar-refractivity contribution in [3.8, 4) is 6.07 Å². The molecule has 2 heterocycles. The van der Waals surface area contributed by atoms with E-state index in [1.807, 2.05) is 27.0 Å². The SMILES string of the molecule is CC.Cc1ncc2c(C#N)cn(C3CCC3)c2n1. The van der Waals surface area contributed by atoms with Gasteiger partial charge in [0.25, 0.3) is 0 Å². The maximum absolute atomic E-state index is 9.07. The predicted molar refractivity (Wildman–Crippen MR) is 71.2 cm³/mol. The zero-order valence-electron chi connectivity index (χ0n) is 11.1. The van der Waals surface area contributed by atoms with E-state index in [2.05, 4.69) is 20.6 Å². The molecule has 0 amide bonds. The molecule has 18 heavy (non-hydrogen) atoms. The van der Waals surface area contributed by atoms with Gasteiger partial charge in [-0.1, -0.05) is 13.8 Å². The molecular formula is C14H18N4. The zero-order chi connectivity index (χ0) is 13.1. The number of hydrogen-bond acceptors (Lipinski definition) is 3. The molecule has 0 unspecified atom stereocenters. The van der Waals surface area contributed by atoms with E-state index in [0.717, 1.165) is 16.9 Å². The van der Waals surface area contributed by atoms with Crippen LogP contribution in [0.1, 0.15) is 50.5 Å². The standard InChI is InChI=1S/C12H12N4.C2H6/c1-8-14-6-11-9(5-13)7-16(12(11)15-8)10-3-2-4-10;1-2/h6-7,10H,2-4H2,1H3;1-2H3. The van der Waals surface area contributed by atoms with Crippen molar-refractivity contribution in [1.29, 1.82) is 5.26 Å². The topological polar surface area (TPSA) is 54.5 Å². The van der Waals surface area contributed by atoms with Crippen LogP contribution in [-0.2, 0) is 0 Å². The molecular weight excluding hydrogens is 224 g/mol. The van der Waals surface area contributed by atoms with Gasteiger partial charge in [-0.15, -0.1) is 0 Å². The fraction of sp³-hybridized carbons (Fsp3) is 0.500. The Labute approximate surface area is 107 Å². The molecule has 1 saturated carbocycles. The molecule has 1 aliphatic carbocycles.